The van der Waals surface area contributed by atoms with Gasteiger partial charge in [-0.3, -0.25) is 5.41 Å². The summed E-state index contributed by atoms with van der Waals surface area (Å²) in [6.07, 6.45) is 3.21. The van der Waals surface area contributed by atoms with Crippen LogP contribution >= 0.6 is 0 Å². The monoisotopic (exact) mass is 129 g/mol. The van der Waals surface area contributed by atoms with Crippen LogP contribution in [-0.2, 0) is 4.74 Å². The third-order valence-electron chi connectivity index (χ3n) is 0.381. The fourth-order valence-electron chi connectivity index (χ4n) is 0.170. The van der Waals surface area contributed by atoms with E-state index in [1.165, 1.54) is 6.26 Å². The van der Waals surface area contributed by atoms with Crippen molar-refractivity contribution < 1.29 is 4.74 Å². The number of rotatable bonds is 1. The van der Waals surface area contributed by atoms with Gasteiger partial charge in [0.2, 0.25) is 0 Å². The summed E-state index contributed by atoms with van der Waals surface area (Å²) in [5.74, 6) is 0.220. The van der Waals surface area contributed by atoms with E-state index < -0.39 is 0 Å². The van der Waals surface area contributed by atoms with Gasteiger partial charge in [-0.25, -0.2) is 0 Å². The third-order valence-corrected chi connectivity index (χ3v) is 0.381. The Morgan fingerprint density at radius 2 is 1.89 bits per heavy atom. The van der Waals surface area contributed by atoms with Crippen molar-refractivity contribution in [1.29, 1.82) is 5.41 Å². The van der Waals surface area contributed by atoms with E-state index in [1.54, 1.807) is 13.0 Å². The first kappa shape index (κ1) is 11.1. The van der Waals surface area contributed by atoms with Gasteiger partial charge < -0.3 is 4.74 Å². The highest BCUT2D eigenvalue weighted by Gasteiger charge is 1.74. The molecule has 0 amide bonds. The number of ether oxygens (including phenoxy) is 1. The largest absolute Gasteiger partial charge is 0.452 e. The van der Waals surface area contributed by atoms with E-state index in [9.17, 15) is 0 Å². The summed E-state index contributed by atoms with van der Waals surface area (Å²) in [6, 6.07) is 0. The third kappa shape index (κ3) is 19.0. The lowest BCUT2D eigenvalue weighted by atomic mass is 10.7. The van der Waals surface area contributed by atoms with Crippen molar-refractivity contribution in [3.8, 4) is 0 Å². The molecule has 0 heterocycles. The van der Waals surface area contributed by atoms with Crippen molar-refractivity contribution in [3.05, 3.63) is 12.3 Å². The van der Waals surface area contributed by atoms with Crippen LogP contribution in [0.5, 0.6) is 0 Å². The maximum absolute atomic E-state index is 6.72. The van der Waals surface area contributed by atoms with Crippen LogP contribution < -0.4 is 0 Å². The standard InChI is InChI=1S/C5H9NO.C2H6/c1-3-4-7-5(2)6;1-2/h3-4,6H,1-2H3;1-2H3/b4-3-,6-5?;. The number of allylic oxidation sites excluding steroid dienone is 1. The van der Waals surface area contributed by atoms with Crippen LogP contribution in [0, 0.1) is 5.41 Å². The second-order valence-electron chi connectivity index (χ2n) is 1.14. The van der Waals surface area contributed by atoms with Crippen LogP contribution in [0.1, 0.15) is 27.7 Å². The normalized spacial score (nSPS) is 8.00. The molecular weight excluding hydrogens is 114 g/mol. The van der Waals surface area contributed by atoms with Crippen molar-refractivity contribution in [1.82, 2.24) is 0 Å². The summed E-state index contributed by atoms with van der Waals surface area (Å²) in [4.78, 5) is 0. The van der Waals surface area contributed by atoms with Gasteiger partial charge in [-0.1, -0.05) is 19.9 Å². The highest BCUT2D eigenvalue weighted by atomic mass is 16.5. The molecule has 0 aliphatic carbocycles. The van der Waals surface area contributed by atoms with Crippen molar-refractivity contribution in [2.45, 2.75) is 27.7 Å². The maximum Gasteiger partial charge on any atom is 0.183 e. The van der Waals surface area contributed by atoms with Crippen LogP contribution in [0.15, 0.2) is 12.3 Å². The molecule has 0 saturated carbocycles. The molecule has 0 aromatic rings. The fourth-order valence-corrected chi connectivity index (χ4v) is 0.170. The van der Waals surface area contributed by atoms with E-state index in [-0.39, 0.29) is 5.90 Å². The molecule has 2 nitrogen and oxygen atoms in total. The molecule has 0 bridgehead atoms. The van der Waals surface area contributed by atoms with E-state index in [2.05, 4.69) is 4.74 Å². The lowest BCUT2D eigenvalue weighted by Crippen LogP contribution is -1.86. The van der Waals surface area contributed by atoms with Gasteiger partial charge in [-0.05, 0) is 6.92 Å². The fraction of sp³-hybridized carbons (Fsp3) is 0.571. The van der Waals surface area contributed by atoms with E-state index in [4.69, 9.17) is 5.41 Å². The molecule has 0 aromatic heterocycles. The van der Waals surface area contributed by atoms with Crippen LogP contribution in [0.3, 0.4) is 0 Å². The molecule has 0 rings (SSSR count). The molecular formula is C7H15NO. The Balaban J connectivity index is 0. The van der Waals surface area contributed by atoms with Crippen molar-refractivity contribution in [3.63, 3.8) is 0 Å². The number of nitrogens with one attached hydrogen (secondary N) is 1. The average molecular weight is 129 g/mol. The molecule has 0 unspecified atom stereocenters. The second-order valence-corrected chi connectivity index (χ2v) is 1.14. The molecule has 9 heavy (non-hydrogen) atoms. The summed E-state index contributed by atoms with van der Waals surface area (Å²) in [6.45, 7) is 7.42. The summed E-state index contributed by atoms with van der Waals surface area (Å²) in [5.41, 5.74) is 0. The Labute approximate surface area is 57.0 Å². The zero-order valence-electron chi connectivity index (χ0n) is 6.56. The Bertz CT molecular complexity index is 86.9. The lowest BCUT2D eigenvalue weighted by Gasteiger charge is -1.89. The Hall–Kier alpha value is -0.790. The first-order chi connectivity index (χ1) is 4.27. The summed E-state index contributed by atoms with van der Waals surface area (Å²) in [5, 5.41) is 6.72. The van der Waals surface area contributed by atoms with Crippen molar-refractivity contribution in [2.24, 2.45) is 0 Å². The first-order valence-electron chi connectivity index (χ1n) is 3.10. The van der Waals surface area contributed by atoms with Gasteiger partial charge in [0.1, 0.15) is 0 Å². The molecule has 0 aliphatic rings. The first-order valence-corrected chi connectivity index (χ1v) is 3.10. The van der Waals surface area contributed by atoms with Crippen LogP contribution in [0.2, 0.25) is 0 Å². The minimum atomic E-state index is 0.220. The molecule has 54 valence electrons. The molecule has 0 aliphatic heterocycles. The predicted molar refractivity (Wildman–Crippen MR) is 40.6 cm³/mol. The smallest absolute Gasteiger partial charge is 0.183 e. The summed E-state index contributed by atoms with van der Waals surface area (Å²) >= 11 is 0. The van der Waals surface area contributed by atoms with Crippen molar-refractivity contribution in [2.75, 3.05) is 0 Å². The van der Waals surface area contributed by atoms with Gasteiger partial charge in [0.15, 0.2) is 5.90 Å². The average Bonchev–Trinajstić information content (AvgIpc) is 1.88. The minimum Gasteiger partial charge on any atom is -0.452 e. The van der Waals surface area contributed by atoms with Gasteiger partial charge >= 0.3 is 0 Å². The molecule has 1 N–H and O–H groups in total. The second kappa shape index (κ2) is 10.2. The topological polar surface area (TPSA) is 33.1 Å². The van der Waals surface area contributed by atoms with E-state index in [0.717, 1.165) is 0 Å². The quantitative estimate of drug-likeness (QED) is 0.329. The van der Waals surface area contributed by atoms with Crippen LogP contribution in [0.25, 0.3) is 0 Å². The van der Waals surface area contributed by atoms with Gasteiger partial charge in [-0.2, -0.15) is 0 Å². The molecule has 0 spiro atoms. The highest BCUT2D eigenvalue weighted by molar-refractivity contribution is 5.69. The molecule has 0 radical (unpaired) electrons. The van der Waals surface area contributed by atoms with Gasteiger partial charge in [-0.15, -0.1) is 0 Å². The van der Waals surface area contributed by atoms with Crippen LogP contribution in [0.4, 0.5) is 0 Å². The Morgan fingerprint density at radius 1 is 1.44 bits per heavy atom. The minimum absolute atomic E-state index is 0.220. The highest BCUT2D eigenvalue weighted by Crippen LogP contribution is 1.76. The molecule has 0 fully saturated rings. The lowest BCUT2D eigenvalue weighted by molar-refractivity contribution is 0.463. The molecule has 2 heteroatoms. The molecule has 0 atom stereocenters. The van der Waals surface area contributed by atoms with Crippen molar-refractivity contribution >= 4 is 5.90 Å². The number of hydrogen-bond acceptors (Lipinski definition) is 2. The summed E-state index contributed by atoms with van der Waals surface area (Å²) in [7, 11) is 0. The molecule has 0 saturated heterocycles. The van der Waals surface area contributed by atoms with Crippen LogP contribution in [-0.4, -0.2) is 5.90 Å². The predicted octanol–water partition coefficient (Wildman–Crippen LogP) is 2.56. The summed E-state index contributed by atoms with van der Waals surface area (Å²) < 4.78 is 4.59. The van der Waals surface area contributed by atoms with E-state index in [0.29, 0.717) is 0 Å². The zero-order valence-corrected chi connectivity index (χ0v) is 6.56. The molecule has 0 aromatic carbocycles. The SMILES string of the molecule is C/C=C\OC(C)=N.CC. The maximum atomic E-state index is 6.72. The van der Waals surface area contributed by atoms with E-state index in [1.807, 2.05) is 20.8 Å². The number of hydrogen-bond donors (Lipinski definition) is 1. The van der Waals surface area contributed by atoms with Gasteiger partial charge in [0.25, 0.3) is 0 Å². The Kier molecular flexibility index (Phi) is 12.6. The Morgan fingerprint density at radius 3 is 2.00 bits per heavy atom. The van der Waals surface area contributed by atoms with Gasteiger partial charge in [0.05, 0.1) is 6.26 Å². The van der Waals surface area contributed by atoms with E-state index >= 15 is 0 Å². The van der Waals surface area contributed by atoms with Gasteiger partial charge in [0, 0.05) is 6.92 Å². The zero-order chi connectivity index (χ0) is 7.70.